The van der Waals surface area contributed by atoms with Gasteiger partial charge in [0, 0.05) is 6.54 Å². The van der Waals surface area contributed by atoms with Crippen molar-refractivity contribution in [3.05, 3.63) is 22.0 Å². The van der Waals surface area contributed by atoms with Crippen LogP contribution in [0.2, 0.25) is 0 Å². The number of halogens is 1. The second kappa shape index (κ2) is 4.17. The van der Waals surface area contributed by atoms with Crippen LogP contribution in [-0.4, -0.2) is 34.0 Å². The lowest BCUT2D eigenvalue weighted by molar-refractivity contribution is -0.385. The van der Waals surface area contributed by atoms with E-state index < -0.39 is 17.1 Å². The zero-order valence-electron chi connectivity index (χ0n) is 8.89. The number of aromatic nitrogens is 2. The zero-order valence-corrected chi connectivity index (χ0v) is 8.89. The maximum Gasteiger partial charge on any atom is 0.309 e. The van der Waals surface area contributed by atoms with Crippen LogP contribution in [0.25, 0.3) is 0 Å². The van der Waals surface area contributed by atoms with Crippen LogP contribution in [0.1, 0.15) is 18.2 Å². The topological polar surface area (TPSA) is 73.0 Å². The summed E-state index contributed by atoms with van der Waals surface area (Å²) in [4.78, 5) is 10.2. The Kier molecular flexibility index (Phi) is 2.86. The third-order valence-electron chi connectivity index (χ3n) is 2.90. The van der Waals surface area contributed by atoms with Gasteiger partial charge in [0.2, 0.25) is 0 Å². The minimum absolute atomic E-state index is 0.0502. The van der Waals surface area contributed by atoms with Gasteiger partial charge in [-0.2, -0.15) is 5.10 Å². The molecule has 2 rings (SSSR count). The molecule has 1 aliphatic heterocycles. The van der Waals surface area contributed by atoms with E-state index in [0.29, 0.717) is 18.7 Å². The van der Waals surface area contributed by atoms with Crippen molar-refractivity contribution in [1.82, 2.24) is 15.1 Å². The first-order valence-electron chi connectivity index (χ1n) is 5.14. The van der Waals surface area contributed by atoms with Gasteiger partial charge >= 0.3 is 5.69 Å². The summed E-state index contributed by atoms with van der Waals surface area (Å²) in [6.45, 7) is 2.58. The van der Waals surface area contributed by atoms with Crippen LogP contribution >= 0.6 is 0 Å². The Balaban J connectivity index is 2.29. The fraction of sp³-hybridized carbons (Fsp3) is 0.667. The van der Waals surface area contributed by atoms with Crippen LogP contribution in [0.5, 0.6) is 0 Å². The molecule has 1 aromatic heterocycles. The highest BCUT2D eigenvalue weighted by molar-refractivity contribution is 5.32. The SMILES string of the molecule is Cc1c([N+](=O)[O-])cnn1[C@H]1CCNC[C@H]1F. The molecule has 0 bridgehead atoms. The number of alkyl halides is 1. The van der Waals surface area contributed by atoms with E-state index >= 15 is 0 Å². The van der Waals surface area contributed by atoms with Crippen molar-refractivity contribution in [3.63, 3.8) is 0 Å². The van der Waals surface area contributed by atoms with E-state index in [2.05, 4.69) is 10.4 Å². The summed E-state index contributed by atoms with van der Waals surface area (Å²) in [5, 5.41) is 17.5. The molecule has 0 saturated carbocycles. The molecule has 1 saturated heterocycles. The van der Waals surface area contributed by atoms with Crippen LogP contribution in [0.15, 0.2) is 6.20 Å². The Morgan fingerprint density at radius 2 is 2.50 bits per heavy atom. The predicted octanol–water partition coefficient (Wildman–Crippen LogP) is 0.972. The Morgan fingerprint density at radius 1 is 1.75 bits per heavy atom. The van der Waals surface area contributed by atoms with Gasteiger partial charge in [0.05, 0.1) is 11.0 Å². The second-order valence-electron chi connectivity index (χ2n) is 3.89. The van der Waals surface area contributed by atoms with Gasteiger partial charge in [0.1, 0.15) is 18.1 Å². The Hall–Kier alpha value is -1.50. The molecule has 0 radical (unpaired) electrons. The van der Waals surface area contributed by atoms with Crippen molar-refractivity contribution in [1.29, 1.82) is 0 Å². The summed E-state index contributed by atoms with van der Waals surface area (Å²) < 4.78 is 15.1. The normalized spacial score (nSPS) is 25.6. The molecule has 7 heteroatoms. The third kappa shape index (κ3) is 1.78. The van der Waals surface area contributed by atoms with Crippen LogP contribution in [0.4, 0.5) is 10.1 Å². The second-order valence-corrected chi connectivity index (χ2v) is 3.89. The van der Waals surface area contributed by atoms with E-state index in [4.69, 9.17) is 0 Å². The monoisotopic (exact) mass is 228 g/mol. The molecule has 1 aromatic rings. The average molecular weight is 228 g/mol. The maximum atomic E-state index is 13.6. The van der Waals surface area contributed by atoms with Gasteiger partial charge in [0.25, 0.3) is 0 Å². The van der Waals surface area contributed by atoms with Crippen molar-refractivity contribution >= 4 is 5.69 Å². The number of nitrogens with zero attached hydrogens (tertiary/aromatic N) is 3. The van der Waals surface area contributed by atoms with Gasteiger partial charge < -0.3 is 5.32 Å². The number of hydrogen-bond donors (Lipinski definition) is 1. The van der Waals surface area contributed by atoms with Crippen LogP contribution < -0.4 is 5.32 Å². The van der Waals surface area contributed by atoms with E-state index in [1.807, 2.05) is 0 Å². The van der Waals surface area contributed by atoms with Gasteiger partial charge in [0.15, 0.2) is 0 Å². The number of rotatable bonds is 2. The number of nitro groups is 1. The number of nitrogens with one attached hydrogen (secondary N) is 1. The first-order valence-corrected chi connectivity index (χ1v) is 5.14. The molecule has 88 valence electrons. The highest BCUT2D eigenvalue weighted by Crippen LogP contribution is 2.26. The molecule has 2 heterocycles. The molecule has 1 N–H and O–H groups in total. The Morgan fingerprint density at radius 3 is 3.06 bits per heavy atom. The van der Waals surface area contributed by atoms with E-state index in [9.17, 15) is 14.5 Å². The molecule has 0 unspecified atom stereocenters. The first-order chi connectivity index (χ1) is 7.61. The fourth-order valence-electron chi connectivity index (χ4n) is 2.01. The molecule has 16 heavy (non-hydrogen) atoms. The summed E-state index contributed by atoms with van der Waals surface area (Å²) in [7, 11) is 0. The molecule has 1 fully saturated rings. The highest BCUT2D eigenvalue weighted by Gasteiger charge is 2.30. The summed E-state index contributed by atoms with van der Waals surface area (Å²) in [5.74, 6) is 0. The van der Waals surface area contributed by atoms with Crippen molar-refractivity contribution in [2.75, 3.05) is 13.1 Å². The first kappa shape index (κ1) is 11.0. The lowest BCUT2D eigenvalue weighted by Crippen LogP contribution is -2.39. The van der Waals surface area contributed by atoms with Gasteiger partial charge in [-0.05, 0) is 19.9 Å². The van der Waals surface area contributed by atoms with Crippen LogP contribution in [0, 0.1) is 17.0 Å². The molecular weight excluding hydrogens is 215 g/mol. The summed E-state index contributed by atoms with van der Waals surface area (Å²) in [5.41, 5.74) is 0.366. The molecule has 0 aromatic carbocycles. The molecule has 2 atom stereocenters. The minimum atomic E-state index is -1.05. The standard InChI is InChI=1S/C9H13FN4O2/c1-6-9(14(15)16)5-12-13(6)8-2-3-11-4-7(8)10/h5,7-8,11H,2-4H2,1H3/t7-,8+/m1/s1. The van der Waals surface area contributed by atoms with Crippen LogP contribution in [-0.2, 0) is 0 Å². The van der Waals surface area contributed by atoms with Crippen LogP contribution in [0.3, 0.4) is 0 Å². The van der Waals surface area contributed by atoms with Gasteiger partial charge in [-0.15, -0.1) is 0 Å². The van der Waals surface area contributed by atoms with Gasteiger partial charge in [-0.25, -0.2) is 4.39 Å². The average Bonchev–Trinajstić information content (AvgIpc) is 2.61. The summed E-state index contributed by atoms with van der Waals surface area (Å²) in [6, 6.07) is -0.394. The lowest BCUT2D eigenvalue weighted by atomic mass is 10.1. The van der Waals surface area contributed by atoms with Crippen molar-refractivity contribution in [2.45, 2.75) is 25.6 Å². The predicted molar refractivity (Wildman–Crippen MR) is 55.0 cm³/mol. The molecule has 6 nitrogen and oxygen atoms in total. The molecule has 0 spiro atoms. The van der Waals surface area contributed by atoms with E-state index in [1.165, 1.54) is 10.9 Å². The molecule has 1 aliphatic rings. The van der Waals surface area contributed by atoms with Crippen molar-refractivity contribution in [3.8, 4) is 0 Å². The van der Waals surface area contributed by atoms with Gasteiger partial charge in [-0.3, -0.25) is 14.8 Å². The van der Waals surface area contributed by atoms with Crippen molar-refractivity contribution < 1.29 is 9.31 Å². The van der Waals surface area contributed by atoms with E-state index in [0.717, 1.165) is 0 Å². The van der Waals surface area contributed by atoms with E-state index in [-0.39, 0.29) is 12.2 Å². The largest absolute Gasteiger partial charge is 0.314 e. The number of piperidine rings is 1. The maximum absolute atomic E-state index is 13.6. The number of hydrogen-bond acceptors (Lipinski definition) is 4. The summed E-state index contributed by atoms with van der Waals surface area (Å²) in [6.07, 6.45) is 0.734. The minimum Gasteiger partial charge on any atom is -0.314 e. The molecule has 0 aliphatic carbocycles. The highest BCUT2D eigenvalue weighted by atomic mass is 19.1. The summed E-state index contributed by atoms with van der Waals surface area (Å²) >= 11 is 0. The quantitative estimate of drug-likeness (QED) is 0.604. The van der Waals surface area contributed by atoms with E-state index in [1.54, 1.807) is 6.92 Å². The Bertz CT molecular complexity index is 406. The zero-order chi connectivity index (χ0) is 11.7. The molecule has 0 amide bonds. The van der Waals surface area contributed by atoms with Gasteiger partial charge in [-0.1, -0.05) is 0 Å². The Labute approximate surface area is 91.6 Å². The smallest absolute Gasteiger partial charge is 0.309 e. The third-order valence-corrected chi connectivity index (χ3v) is 2.90. The fourth-order valence-corrected chi connectivity index (χ4v) is 2.01. The molecular formula is C9H13FN4O2. The lowest BCUT2D eigenvalue weighted by Gasteiger charge is -2.27. The van der Waals surface area contributed by atoms with Crippen molar-refractivity contribution in [2.24, 2.45) is 0 Å².